The Hall–Kier alpha value is -0.720. The van der Waals surface area contributed by atoms with Crippen LogP contribution in [0.4, 0.5) is 0 Å². The summed E-state index contributed by atoms with van der Waals surface area (Å²) in [5.41, 5.74) is 0.949. The molecule has 0 aliphatic heterocycles. The Labute approximate surface area is 139 Å². The van der Waals surface area contributed by atoms with Crippen molar-refractivity contribution in [1.29, 1.82) is 0 Å². The van der Waals surface area contributed by atoms with Gasteiger partial charge in [-0.05, 0) is 28.1 Å². The molecule has 3 nitrogen and oxygen atoms in total. The summed E-state index contributed by atoms with van der Waals surface area (Å²) >= 11 is 8.87. The van der Waals surface area contributed by atoms with E-state index in [1.807, 2.05) is 18.2 Å². The van der Waals surface area contributed by atoms with Crippen LogP contribution >= 0.6 is 43.2 Å². The minimum atomic E-state index is -0.00499. The first-order chi connectivity index (χ1) is 9.60. The number of halogens is 2. The maximum atomic E-state index is 5.48. The lowest BCUT2D eigenvalue weighted by molar-refractivity contribution is 0.370. The lowest BCUT2D eigenvalue weighted by Crippen LogP contribution is -2.00. The monoisotopic (exact) mass is 420 g/mol. The second-order valence-electron chi connectivity index (χ2n) is 3.95. The van der Waals surface area contributed by atoms with Gasteiger partial charge in [0.05, 0.1) is 35.5 Å². The maximum absolute atomic E-state index is 5.48. The van der Waals surface area contributed by atoms with Gasteiger partial charge in [-0.25, -0.2) is 0 Å². The van der Waals surface area contributed by atoms with Crippen LogP contribution in [0, 0.1) is 0 Å². The van der Waals surface area contributed by atoms with Gasteiger partial charge in [-0.15, -0.1) is 11.3 Å². The van der Waals surface area contributed by atoms with E-state index in [9.17, 15) is 0 Å². The molecule has 108 valence electrons. The Kier molecular flexibility index (Phi) is 5.35. The van der Waals surface area contributed by atoms with E-state index in [4.69, 9.17) is 14.2 Å². The molecule has 6 heteroatoms. The molecule has 1 aromatic heterocycles. The summed E-state index contributed by atoms with van der Waals surface area (Å²) in [6, 6.07) is 7.80. The molecule has 1 unspecified atom stereocenters. The van der Waals surface area contributed by atoms with Gasteiger partial charge in [0.25, 0.3) is 0 Å². The number of ether oxygens (including phenoxy) is 3. The highest BCUT2D eigenvalue weighted by Crippen LogP contribution is 2.46. The fraction of sp³-hybridized carbons (Fsp3) is 0.286. The molecular formula is C14H14Br2O3S. The third kappa shape index (κ3) is 3.13. The molecular weight excluding hydrogens is 408 g/mol. The van der Waals surface area contributed by atoms with Crippen molar-refractivity contribution in [2.45, 2.75) is 4.83 Å². The summed E-state index contributed by atoms with van der Waals surface area (Å²) in [5, 5.41) is 0. The molecule has 0 fully saturated rings. The zero-order valence-electron chi connectivity index (χ0n) is 11.3. The van der Waals surface area contributed by atoms with Crippen molar-refractivity contribution < 1.29 is 14.2 Å². The Morgan fingerprint density at radius 2 is 1.60 bits per heavy atom. The summed E-state index contributed by atoms with van der Waals surface area (Å²) < 4.78 is 17.3. The summed E-state index contributed by atoms with van der Waals surface area (Å²) in [7, 11) is 4.90. The average Bonchev–Trinajstić information content (AvgIpc) is 2.91. The highest BCUT2D eigenvalue weighted by molar-refractivity contribution is 9.11. The van der Waals surface area contributed by atoms with Gasteiger partial charge in [0.1, 0.15) is 17.2 Å². The van der Waals surface area contributed by atoms with Crippen LogP contribution in [0.1, 0.15) is 15.3 Å². The fourth-order valence-electron chi connectivity index (χ4n) is 1.89. The molecule has 0 saturated heterocycles. The summed E-state index contributed by atoms with van der Waals surface area (Å²) in [6.45, 7) is 0. The predicted molar refractivity (Wildman–Crippen MR) is 88.9 cm³/mol. The average molecular weight is 422 g/mol. The number of methoxy groups -OCH3 is 3. The Morgan fingerprint density at radius 3 is 2.00 bits per heavy atom. The first kappa shape index (κ1) is 15.7. The zero-order valence-corrected chi connectivity index (χ0v) is 15.3. The number of thiophene rings is 1. The molecule has 1 heterocycles. The molecule has 0 bridgehead atoms. The van der Waals surface area contributed by atoms with Crippen molar-refractivity contribution in [3.8, 4) is 17.2 Å². The molecule has 2 aromatic rings. The Balaban J connectivity index is 2.53. The first-order valence-electron chi connectivity index (χ1n) is 5.80. The number of rotatable bonds is 5. The minimum Gasteiger partial charge on any atom is -0.496 e. The molecule has 0 N–H and O–H groups in total. The number of hydrogen-bond acceptors (Lipinski definition) is 4. The summed E-state index contributed by atoms with van der Waals surface area (Å²) in [6.07, 6.45) is 0. The van der Waals surface area contributed by atoms with Gasteiger partial charge >= 0.3 is 0 Å². The third-order valence-electron chi connectivity index (χ3n) is 2.85. The van der Waals surface area contributed by atoms with E-state index in [0.29, 0.717) is 5.75 Å². The summed E-state index contributed by atoms with van der Waals surface area (Å²) in [5.74, 6) is 2.16. The van der Waals surface area contributed by atoms with Gasteiger partial charge in [-0.1, -0.05) is 15.9 Å². The second kappa shape index (κ2) is 6.83. The number of alkyl halides is 1. The van der Waals surface area contributed by atoms with E-state index in [2.05, 4.69) is 37.9 Å². The highest BCUT2D eigenvalue weighted by Gasteiger charge is 2.23. The number of hydrogen-bond donors (Lipinski definition) is 0. The molecule has 2 rings (SSSR count). The van der Waals surface area contributed by atoms with Crippen LogP contribution in [-0.4, -0.2) is 21.3 Å². The van der Waals surface area contributed by atoms with Gasteiger partial charge in [0.15, 0.2) is 0 Å². The number of benzene rings is 1. The van der Waals surface area contributed by atoms with Crippen LogP contribution in [0.25, 0.3) is 0 Å². The van der Waals surface area contributed by atoms with Crippen molar-refractivity contribution in [2.24, 2.45) is 0 Å². The molecule has 1 aromatic carbocycles. The van der Waals surface area contributed by atoms with Gasteiger partial charge in [0, 0.05) is 17.0 Å². The molecule has 0 radical (unpaired) electrons. The van der Waals surface area contributed by atoms with E-state index < -0.39 is 0 Å². The second-order valence-corrected chi connectivity index (χ2v) is 7.36. The molecule has 0 amide bonds. The van der Waals surface area contributed by atoms with Crippen molar-refractivity contribution in [3.05, 3.63) is 38.5 Å². The molecule has 20 heavy (non-hydrogen) atoms. The molecule has 0 spiro atoms. The van der Waals surface area contributed by atoms with Crippen molar-refractivity contribution >= 4 is 43.2 Å². The normalized spacial score (nSPS) is 12.1. The van der Waals surface area contributed by atoms with E-state index >= 15 is 0 Å². The molecule has 1 atom stereocenters. The van der Waals surface area contributed by atoms with Crippen LogP contribution in [0.5, 0.6) is 17.2 Å². The quantitative estimate of drug-likeness (QED) is 0.634. The van der Waals surface area contributed by atoms with Gasteiger partial charge in [-0.3, -0.25) is 0 Å². The Morgan fingerprint density at radius 1 is 1.00 bits per heavy atom. The fourth-order valence-corrected chi connectivity index (χ4v) is 4.18. The van der Waals surface area contributed by atoms with Crippen LogP contribution in [0.15, 0.2) is 28.1 Å². The topological polar surface area (TPSA) is 27.7 Å². The molecule has 0 aliphatic carbocycles. The lowest BCUT2D eigenvalue weighted by Gasteiger charge is -2.18. The van der Waals surface area contributed by atoms with E-state index in [0.717, 1.165) is 20.8 Å². The summed E-state index contributed by atoms with van der Waals surface area (Å²) in [4.78, 5) is 1.16. The van der Waals surface area contributed by atoms with Crippen LogP contribution in [-0.2, 0) is 0 Å². The van der Waals surface area contributed by atoms with Crippen molar-refractivity contribution in [2.75, 3.05) is 21.3 Å². The van der Waals surface area contributed by atoms with E-state index in [-0.39, 0.29) is 4.83 Å². The van der Waals surface area contributed by atoms with Crippen LogP contribution in [0.3, 0.4) is 0 Å². The molecule has 0 aliphatic rings. The molecule has 0 saturated carbocycles. The van der Waals surface area contributed by atoms with Gasteiger partial charge in [0.2, 0.25) is 0 Å². The minimum absolute atomic E-state index is 0.00499. The smallest absolute Gasteiger partial charge is 0.130 e. The zero-order chi connectivity index (χ0) is 14.7. The van der Waals surface area contributed by atoms with Crippen LogP contribution < -0.4 is 14.2 Å². The van der Waals surface area contributed by atoms with Crippen molar-refractivity contribution in [3.63, 3.8) is 0 Å². The SMILES string of the molecule is COc1cc(OC)c(C(Br)c2ccc(Br)s2)c(OC)c1. The van der Waals surface area contributed by atoms with Crippen molar-refractivity contribution in [1.82, 2.24) is 0 Å². The standard InChI is InChI=1S/C14H14Br2O3S/c1-17-8-6-9(18-2)13(10(7-8)19-3)14(16)11-4-5-12(15)20-11/h4-7,14H,1-3H3. The van der Waals surface area contributed by atoms with E-state index in [1.54, 1.807) is 32.7 Å². The first-order valence-corrected chi connectivity index (χ1v) is 8.32. The van der Waals surface area contributed by atoms with Gasteiger partial charge in [-0.2, -0.15) is 0 Å². The van der Waals surface area contributed by atoms with E-state index in [1.165, 1.54) is 4.88 Å². The maximum Gasteiger partial charge on any atom is 0.130 e. The lowest BCUT2D eigenvalue weighted by atomic mass is 10.1. The van der Waals surface area contributed by atoms with Gasteiger partial charge < -0.3 is 14.2 Å². The third-order valence-corrected chi connectivity index (χ3v) is 5.79. The highest BCUT2D eigenvalue weighted by atomic mass is 79.9. The predicted octanol–water partition coefficient (Wildman–Crippen LogP) is 5.02. The van der Waals surface area contributed by atoms with Crippen LogP contribution in [0.2, 0.25) is 0 Å². The largest absolute Gasteiger partial charge is 0.496 e. The Bertz CT molecular complexity index is 573.